The average molecular weight is 332 g/mol. The van der Waals surface area contributed by atoms with E-state index in [2.05, 4.69) is 4.90 Å². The summed E-state index contributed by atoms with van der Waals surface area (Å²) in [7, 11) is 2.42. The molecule has 7 heteroatoms. The Morgan fingerprint density at radius 3 is 2.43 bits per heavy atom. The molecule has 0 aliphatic carbocycles. The lowest BCUT2D eigenvalue weighted by Crippen LogP contribution is -2.32. The third kappa shape index (κ3) is 6.69. The van der Waals surface area contributed by atoms with Gasteiger partial charge >= 0.3 is 0 Å². The van der Waals surface area contributed by atoms with Crippen LogP contribution in [0.15, 0.2) is 29.2 Å². The van der Waals surface area contributed by atoms with E-state index in [1.807, 2.05) is 38.4 Å². The monoisotopic (exact) mass is 331 g/mol. The number of benzene rings is 1. The van der Waals surface area contributed by atoms with Crippen LogP contribution in [0.25, 0.3) is 0 Å². The zero-order valence-electron chi connectivity index (χ0n) is 12.9. The molecule has 1 aromatic carbocycles. The fraction of sp³-hybridized carbons (Fsp3) is 0.571. The average Bonchev–Trinajstić information content (AvgIpc) is 2.40. The lowest BCUT2D eigenvalue weighted by molar-refractivity contribution is 0.370. The van der Waals surface area contributed by atoms with Crippen LogP contribution in [0, 0.1) is 0 Å². The van der Waals surface area contributed by atoms with Crippen molar-refractivity contribution < 1.29 is 8.42 Å². The van der Waals surface area contributed by atoms with Crippen LogP contribution in [0.5, 0.6) is 0 Å². The van der Waals surface area contributed by atoms with Gasteiger partial charge in [-0.1, -0.05) is 12.1 Å². The van der Waals surface area contributed by atoms with Gasteiger partial charge in [-0.2, -0.15) is 0 Å². The van der Waals surface area contributed by atoms with Crippen molar-refractivity contribution in [3.8, 4) is 0 Å². The summed E-state index contributed by atoms with van der Waals surface area (Å²) in [5, 5.41) is 0. The fourth-order valence-electron chi connectivity index (χ4n) is 1.77. The first-order valence-corrected chi connectivity index (χ1v) is 9.48. The number of nitrogens with zero attached hydrogens (tertiary/aromatic N) is 2. The molecule has 0 unspecified atom stereocenters. The highest BCUT2D eigenvalue weighted by atomic mass is 32.2. The predicted octanol–water partition coefficient (Wildman–Crippen LogP) is 1.57. The van der Waals surface area contributed by atoms with Crippen LogP contribution in [0.3, 0.4) is 0 Å². The number of rotatable bonds is 9. The molecule has 0 aliphatic rings. The molecule has 1 aromatic rings. The van der Waals surface area contributed by atoms with E-state index in [-0.39, 0.29) is 5.75 Å². The van der Waals surface area contributed by atoms with Gasteiger partial charge in [-0.15, -0.1) is 11.8 Å². The lowest BCUT2D eigenvalue weighted by atomic mass is 10.3. The summed E-state index contributed by atoms with van der Waals surface area (Å²) >= 11 is 1.48. The number of sulfonamides is 1. The van der Waals surface area contributed by atoms with E-state index in [1.165, 1.54) is 16.1 Å². The van der Waals surface area contributed by atoms with Gasteiger partial charge in [0.2, 0.25) is 10.0 Å². The normalized spacial score (nSPS) is 12.2. The van der Waals surface area contributed by atoms with Crippen molar-refractivity contribution in [1.82, 2.24) is 9.21 Å². The van der Waals surface area contributed by atoms with E-state index in [0.717, 1.165) is 17.9 Å². The Balaban J connectivity index is 2.40. The minimum Gasteiger partial charge on any atom is -0.398 e. The molecule has 0 saturated carbocycles. The largest absolute Gasteiger partial charge is 0.398 e. The van der Waals surface area contributed by atoms with Crippen molar-refractivity contribution in [3.05, 3.63) is 24.3 Å². The number of anilines is 1. The van der Waals surface area contributed by atoms with Gasteiger partial charge in [0.05, 0.1) is 5.75 Å². The van der Waals surface area contributed by atoms with Crippen molar-refractivity contribution in [2.75, 3.05) is 51.5 Å². The van der Waals surface area contributed by atoms with Crippen LogP contribution in [0.4, 0.5) is 5.69 Å². The van der Waals surface area contributed by atoms with Crippen molar-refractivity contribution in [2.24, 2.45) is 0 Å². The molecule has 2 N–H and O–H groups in total. The number of thioether (sulfide) groups is 1. The van der Waals surface area contributed by atoms with Crippen LogP contribution in [-0.2, 0) is 10.0 Å². The van der Waals surface area contributed by atoms with E-state index in [9.17, 15) is 8.42 Å². The summed E-state index contributed by atoms with van der Waals surface area (Å²) in [5.74, 6) is 0.638. The second-order valence-electron chi connectivity index (χ2n) is 5.18. The number of nitrogens with two attached hydrogens (primary N) is 1. The summed E-state index contributed by atoms with van der Waals surface area (Å²) < 4.78 is 25.7. The lowest BCUT2D eigenvalue weighted by Gasteiger charge is -2.18. The Bertz CT molecular complexity index is 533. The highest BCUT2D eigenvalue weighted by Crippen LogP contribution is 2.24. The Hall–Kier alpha value is -0.760. The summed E-state index contributed by atoms with van der Waals surface area (Å²) in [6.45, 7) is 1.44. The van der Waals surface area contributed by atoms with Crippen LogP contribution in [0.1, 0.15) is 6.42 Å². The van der Waals surface area contributed by atoms with Crippen molar-refractivity contribution in [2.45, 2.75) is 11.3 Å². The molecular weight excluding hydrogens is 306 g/mol. The van der Waals surface area contributed by atoms with Gasteiger partial charge in [-0.05, 0) is 39.2 Å². The first-order chi connectivity index (χ1) is 9.83. The zero-order valence-corrected chi connectivity index (χ0v) is 14.6. The summed E-state index contributed by atoms with van der Waals surface area (Å²) in [6.07, 6.45) is 0.835. The highest BCUT2D eigenvalue weighted by Gasteiger charge is 2.17. The molecule has 0 aromatic heterocycles. The molecule has 21 heavy (non-hydrogen) atoms. The summed E-state index contributed by atoms with van der Waals surface area (Å²) in [5.41, 5.74) is 6.53. The Morgan fingerprint density at radius 2 is 1.81 bits per heavy atom. The SMILES string of the molecule is CN(C)CCCN(C)S(=O)(=O)CCSc1ccccc1N. The molecule has 0 aliphatic heterocycles. The van der Waals surface area contributed by atoms with Gasteiger partial charge in [0.15, 0.2) is 0 Å². The highest BCUT2D eigenvalue weighted by molar-refractivity contribution is 8.00. The fourth-order valence-corrected chi connectivity index (χ4v) is 4.30. The van der Waals surface area contributed by atoms with E-state index in [1.54, 1.807) is 7.05 Å². The Morgan fingerprint density at radius 1 is 1.14 bits per heavy atom. The number of para-hydroxylation sites is 1. The Labute approximate surface area is 132 Å². The topological polar surface area (TPSA) is 66.6 Å². The first kappa shape index (κ1) is 18.3. The maximum atomic E-state index is 12.1. The number of hydrogen-bond donors (Lipinski definition) is 1. The van der Waals surface area contributed by atoms with Gasteiger partial charge in [-0.25, -0.2) is 12.7 Å². The van der Waals surface area contributed by atoms with Crippen LogP contribution in [-0.4, -0.2) is 63.4 Å². The molecule has 0 saturated heterocycles. The third-order valence-corrected chi connectivity index (χ3v) is 6.27. The van der Waals surface area contributed by atoms with E-state index in [4.69, 9.17) is 5.73 Å². The molecule has 0 fully saturated rings. The van der Waals surface area contributed by atoms with Gasteiger partial charge in [0.25, 0.3) is 0 Å². The first-order valence-electron chi connectivity index (χ1n) is 6.89. The van der Waals surface area contributed by atoms with Gasteiger partial charge in [0.1, 0.15) is 0 Å². The molecule has 0 bridgehead atoms. The van der Waals surface area contributed by atoms with Gasteiger partial charge < -0.3 is 10.6 Å². The van der Waals surface area contributed by atoms with E-state index < -0.39 is 10.0 Å². The van der Waals surface area contributed by atoms with Crippen LogP contribution < -0.4 is 5.73 Å². The molecule has 5 nitrogen and oxygen atoms in total. The number of hydrogen-bond acceptors (Lipinski definition) is 5. The van der Waals surface area contributed by atoms with Crippen LogP contribution >= 0.6 is 11.8 Å². The van der Waals surface area contributed by atoms with Crippen molar-refractivity contribution in [3.63, 3.8) is 0 Å². The maximum Gasteiger partial charge on any atom is 0.214 e. The number of nitrogen functional groups attached to an aromatic ring is 1. The minimum atomic E-state index is -3.19. The second kappa shape index (κ2) is 8.63. The smallest absolute Gasteiger partial charge is 0.214 e. The predicted molar refractivity (Wildman–Crippen MR) is 91.2 cm³/mol. The second-order valence-corrected chi connectivity index (χ2v) is 8.51. The Kier molecular flexibility index (Phi) is 7.51. The molecule has 0 amide bonds. The molecule has 0 spiro atoms. The standard InChI is InChI=1S/C14H25N3O2S2/c1-16(2)9-6-10-17(3)21(18,19)12-11-20-14-8-5-4-7-13(14)15/h4-5,7-8H,6,9-12,15H2,1-3H3. The van der Waals surface area contributed by atoms with Gasteiger partial charge in [-0.3, -0.25) is 0 Å². The summed E-state index contributed by atoms with van der Waals surface area (Å²) in [4.78, 5) is 2.98. The molecule has 0 radical (unpaired) electrons. The molecule has 0 heterocycles. The molecular formula is C14H25N3O2S2. The van der Waals surface area contributed by atoms with Crippen molar-refractivity contribution >= 4 is 27.5 Å². The van der Waals surface area contributed by atoms with Crippen LogP contribution in [0.2, 0.25) is 0 Å². The van der Waals surface area contributed by atoms with Crippen molar-refractivity contribution in [1.29, 1.82) is 0 Å². The molecule has 1 rings (SSSR count). The molecule has 0 atom stereocenters. The zero-order chi connectivity index (χ0) is 15.9. The summed E-state index contributed by atoms with van der Waals surface area (Å²) in [6, 6.07) is 7.51. The van der Waals surface area contributed by atoms with Gasteiger partial charge in [0, 0.05) is 29.9 Å². The molecule has 120 valence electrons. The third-order valence-electron chi connectivity index (χ3n) is 3.07. The quantitative estimate of drug-likeness (QED) is 0.550. The minimum absolute atomic E-state index is 0.129. The van der Waals surface area contributed by atoms with E-state index in [0.29, 0.717) is 18.0 Å². The van der Waals surface area contributed by atoms with E-state index >= 15 is 0 Å². The maximum absolute atomic E-state index is 12.1.